The van der Waals surface area contributed by atoms with Gasteiger partial charge < -0.3 is 10.1 Å². The molecule has 1 aromatic heterocycles. The van der Waals surface area contributed by atoms with E-state index in [9.17, 15) is 9.59 Å². The Morgan fingerprint density at radius 1 is 1.10 bits per heavy atom. The Labute approximate surface area is 171 Å². The highest BCUT2D eigenvalue weighted by Gasteiger charge is 2.38. The number of anilines is 1. The molecule has 0 fully saturated rings. The van der Waals surface area contributed by atoms with E-state index in [0.29, 0.717) is 10.6 Å². The van der Waals surface area contributed by atoms with Gasteiger partial charge >= 0.3 is 5.97 Å². The van der Waals surface area contributed by atoms with Gasteiger partial charge in [-0.05, 0) is 35.0 Å². The molecule has 0 saturated carbocycles. The van der Waals surface area contributed by atoms with E-state index in [1.807, 2.05) is 19.1 Å². The summed E-state index contributed by atoms with van der Waals surface area (Å²) in [6, 6.07) is 13.4. The number of hydrogen-bond acceptors (Lipinski definition) is 7. The van der Waals surface area contributed by atoms with Gasteiger partial charge in [-0.2, -0.15) is 4.68 Å². The third kappa shape index (κ3) is 3.38. The van der Waals surface area contributed by atoms with Crippen LogP contribution < -0.4 is 5.32 Å². The van der Waals surface area contributed by atoms with E-state index in [1.54, 1.807) is 36.4 Å². The number of carbonyl (C=O) groups excluding carboxylic acids is 2. The number of hydrogen-bond donors (Lipinski definition) is 1. The fourth-order valence-electron chi connectivity index (χ4n) is 3.18. The van der Waals surface area contributed by atoms with Crippen LogP contribution in [-0.4, -0.2) is 39.1 Å². The molecule has 2 aromatic carbocycles. The Hall–Kier alpha value is -3.52. The van der Waals surface area contributed by atoms with E-state index in [0.717, 1.165) is 11.1 Å². The first-order chi connectivity index (χ1) is 14.0. The molecule has 0 unspecified atom stereocenters. The summed E-state index contributed by atoms with van der Waals surface area (Å²) in [4.78, 5) is 26.2. The number of rotatable bonds is 4. The van der Waals surface area contributed by atoms with Crippen LogP contribution >= 0.6 is 11.6 Å². The molecular formula is C20H16ClN5O3. The van der Waals surface area contributed by atoms with E-state index in [2.05, 4.69) is 20.8 Å². The van der Waals surface area contributed by atoms with Crippen LogP contribution in [-0.2, 0) is 9.53 Å². The Bertz CT molecular complexity index is 1120. The number of nitrogens with one attached hydrogen (secondary N) is 1. The lowest BCUT2D eigenvalue weighted by atomic mass is 9.89. The number of Topliss-reactive ketones (excluding diaryl/α,β-unsaturated/α-hetero) is 1. The third-order valence-electron chi connectivity index (χ3n) is 4.64. The fraction of sp³-hybridized carbons (Fsp3) is 0.150. The Morgan fingerprint density at radius 3 is 2.45 bits per heavy atom. The molecule has 3 aromatic rings. The Balaban J connectivity index is 1.95. The second kappa shape index (κ2) is 7.48. The number of aryl methyl sites for hydroxylation is 1. The maximum Gasteiger partial charge on any atom is 0.357 e. The van der Waals surface area contributed by atoms with Crippen LogP contribution in [0.3, 0.4) is 0 Å². The van der Waals surface area contributed by atoms with Crippen LogP contribution in [0.15, 0.2) is 54.1 Å². The zero-order valence-corrected chi connectivity index (χ0v) is 16.3. The summed E-state index contributed by atoms with van der Waals surface area (Å²) in [6.45, 7) is 1.93. The lowest BCUT2D eigenvalue weighted by Crippen LogP contribution is -2.31. The average Bonchev–Trinajstić information content (AvgIpc) is 3.21. The molecule has 0 spiro atoms. The number of methoxy groups -OCH3 is 1. The van der Waals surface area contributed by atoms with E-state index in [1.165, 1.54) is 11.8 Å². The van der Waals surface area contributed by atoms with Crippen molar-refractivity contribution in [3.63, 3.8) is 0 Å². The maximum absolute atomic E-state index is 13.5. The quantitative estimate of drug-likeness (QED) is 0.522. The Kier molecular flexibility index (Phi) is 4.85. The van der Waals surface area contributed by atoms with E-state index in [4.69, 9.17) is 16.3 Å². The SMILES string of the molecule is COC(=O)C1=C(C(=O)c2ccc(C)cc2)[C@H](c2ccc(Cl)cc2)Nc2nnnn21. The van der Waals surface area contributed by atoms with Crippen molar-refractivity contribution in [2.45, 2.75) is 13.0 Å². The number of carbonyl (C=O) groups is 2. The third-order valence-corrected chi connectivity index (χ3v) is 4.89. The van der Waals surface area contributed by atoms with E-state index >= 15 is 0 Å². The first kappa shape index (κ1) is 18.8. The minimum absolute atomic E-state index is 0.0308. The molecule has 0 radical (unpaired) electrons. The van der Waals surface area contributed by atoms with Gasteiger partial charge in [-0.25, -0.2) is 4.79 Å². The lowest BCUT2D eigenvalue weighted by Gasteiger charge is -2.28. The molecule has 29 heavy (non-hydrogen) atoms. The zero-order chi connectivity index (χ0) is 20.5. The van der Waals surface area contributed by atoms with Gasteiger partial charge in [0.1, 0.15) is 0 Å². The molecule has 4 rings (SSSR count). The molecule has 0 aliphatic carbocycles. The highest BCUT2D eigenvalue weighted by Crippen LogP contribution is 2.37. The minimum Gasteiger partial charge on any atom is -0.464 e. The monoisotopic (exact) mass is 409 g/mol. The molecule has 1 N–H and O–H groups in total. The number of ether oxygens (including phenoxy) is 1. The van der Waals surface area contributed by atoms with Crippen LogP contribution in [0.4, 0.5) is 5.95 Å². The average molecular weight is 410 g/mol. The van der Waals surface area contributed by atoms with Crippen molar-refractivity contribution < 1.29 is 14.3 Å². The normalized spacial score (nSPS) is 15.5. The standard InChI is InChI=1S/C20H16ClN5O3/c1-11-3-5-13(6-4-11)18(27)15-16(12-7-9-14(21)10-8-12)22-20-23-24-25-26(20)17(15)19(28)29-2/h3-10,16H,1-2H3,(H,22,23,25)/t16-/m0/s1. The predicted octanol–water partition coefficient (Wildman–Crippen LogP) is 3.07. The minimum atomic E-state index is -0.713. The van der Waals surface area contributed by atoms with Crippen LogP contribution in [0.2, 0.25) is 5.02 Å². The number of aromatic nitrogens is 4. The fourth-order valence-corrected chi connectivity index (χ4v) is 3.30. The molecule has 1 atom stereocenters. The summed E-state index contributed by atoms with van der Waals surface area (Å²) >= 11 is 6.02. The summed E-state index contributed by atoms with van der Waals surface area (Å²) in [5.74, 6) is -0.820. The van der Waals surface area contributed by atoms with Crippen LogP contribution in [0.5, 0.6) is 0 Å². The molecule has 146 valence electrons. The number of tetrazole rings is 1. The first-order valence-corrected chi connectivity index (χ1v) is 9.12. The smallest absolute Gasteiger partial charge is 0.357 e. The molecule has 1 aliphatic rings. The molecule has 2 heterocycles. The lowest BCUT2D eigenvalue weighted by molar-refractivity contribution is -0.134. The maximum atomic E-state index is 13.5. The second-order valence-corrected chi connectivity index (χ2v) is 6.93. The molecule has 8 nitrogen and oxygen atoms in total. The topological polar surface area (TPSA) is 99.0 Å². The van der Waals surface area contributed by atoms with Crippen molar-refractivity contribution in [1.82, 2.24) is 20.2 Å². The Morgan fingerprint density at radius 2 is 1.79 bits per heavy atom. The van der Waals surface area contributed by atoms with Crippen molar-refractivity contribution in [2.24, 2.45) is 0 Å². The summed E-state index contributed by atoms with van der Waals surface area (Å²) in [5, 5.41) is 15.1. The van der Waals surface area contributed by atoms with Crippen molar-refractivity contribution in [2.75, 3.05) is 12.4 Å². The first-order valence-electron chi connectivity index (χ1n) is 8.74. The van der Waals surface area contributed by atoms with Crippen LogP contribution in [0.1, 0.15) is 27.5 Å². The molecule has 0 saturated heterocycles. The van der Waals surface area contributed by atoms with Gasteiger partial charge in [0, 0.05) is 10.6 Å². The van der Waals surface area contributed by atoms with E-state index in [-0.39, 0.29) is 23.0 Å². The van der Waals surface area contributed by atoms with Crippen LogP contribution in [0, 0.1) is 6.92 Å². The van der Waals surface area contributed by atoms with E-state index < -0.39 is 12.0 Å². The highest BCUT2D eigenvalue weighted by molar-refractivity contribution is 6.30. The molecule has 9 heteroatoms. The number of esters is 1. The van der Waals surface area contributed by atoms with Gasteiger partial charge in [0.25, 0.3) is 0 Å². The highest BCUT2D eigenvalue weighted by atomic mass is 35.5. The van der Waals surface area contributed by atoms with Gasteiger partial charge in [0.15, 0.2) is 11.5 Å². The summed E-state index contributed by atoms with van der Waals surface area (Å²) in [5.41, 5.74) is 2.33. The van der Waals surface area contributed by atoms with Crippen molar-refractivity contribution in [3.8, 4) is 0 Å². The summed E-state index contributed by atoms with van der Waals surface area (Å²) in [7, 11) is 1.24. The summed E-state index contributed by atoms with van der Waals surface area (Å²) in [6.07, 6.45) is 0. The van der Waals surface area contributed by atoms with Crippen LogP contribution in [0.25, 0.3) is 5.70 Å². The van der Waals surface area contributed by atoms with Gasteiger partial charge in [-0.15, -0.1) is 0 Å². The molecule has 0 bridgehead atoms. The number of nitrogens with zero attached hydrogens (tertiary/aromatic N) is 4. The molecule has 1 aliphatic heterocycles. The van der Waals surface area contributed by atoms with Crippen molar-refractivity contribution in [3.05, 3.63) is 75.8 Å². The zero-order valence-electron chi connectivity index (χ0n) is 15.6. The van der Waals surface area contributed by atoms with Gasteiger partial charge in [-0.1, -0.05) is 58.7 Å². The molecule has 0 amide bonds. The number of ketones is 1. The largest absolute Gasteiger partial charge is 0.464 e. The summed E-state index contributed by atoms with van der Waals surface area (Å²) < 4.78 is 6.12. The van der Waals surface area contributed by atoms with Gasteiger partial charge in [-0.3, -0.25) is 4.79 Å². The van der Waals surface area contributed by atoms with Gasteiger partial charge in [0.2, 0.25) is 5.95 Å². The van der Waals surface area contributed by atoms with Gasteiger partial charge in [0.05, 0.1) is 18.7 Å². The van der Waals surface area contributed by atoms with Crippen molar-refractivity contribution in [1.29, 1.82) is 0 Å². The van der Waals surface area contributed by atoms with Crippen molar-refractivity contribution >= 4 is 35.0 Å². The number of halogens is 1. The second-order valence-electron chi connectivity index (χ2n) is 6.49. The predicted molar refractivity (Wildman–Crippen MR) is 106 cm³/mol. The number of fused-ring (bicyclic) bond motifs is 1. The molecular weight excluding hydrogens is 394 g/mol. The number of benzene rings is 2.